The first-order valence-corrected chi connectivity index (χ1v) is 6.03. The number of aliphatic hydroxyl groups excluding tert-OH is 1. The minimum Gasteiger partial charge on any atom is -0.393 e. The maximum absolute atomic E-state index is 11.9. The van der Waals surface area contributed by atoms with Crippen LogP contribution in [0.15, 0.2) is 24.3 Å². The van der Waals surface area contributed by atoms with Crippen LogP contribution in [-0.4, -0.2) is 35.2 Å². The van der Waals surface area contributed by atoms with Crippen LogP contribution in [0.2, 0.25) is 5.02 Å². The number of halogens is 1. The molecule has 1 aromatic carbocycles. The van der Waals surface area contributed by atoms with Crippen molar-refractivity contribution in [2.45, 2.75) is 18.9 Å². The van der Waals surface area contributed by atoms with Crippen LogP contribution >= 0.6 is 11.6 Å². The lowest BCUT2D eigenvalue weighted by molar-refractivity contribution is 0.0972. The Balaban J connectivity index is 1.95. The van der Waals surface area contributed by atoms with Crippen molar-refractivity contribution in [3.05, 3.63) is 29.3 Å². The van der Waals surface area contributed by atoms with Gasteiger partial charge >= 0.3 is 6.03 Å². The molecule has 2 amide bonds. The van der Waals surface area contributed by atoms with Gasteiger partial charge in [-0.1, -0.05) is 23.7 Å². The molecule has 92 valence electrons. The lowest BCUT2D eigenvalue weighted by Gasteiger charge is -2.29. The van der Waals surface area contributed by atoms with Crippen molar-refractivity contribution in [3.8, 4) is 0 Å². The third kappa shape index (κ3) is 3.11. The molecule has 17 heavy (non-hydrogen) atoms. The van der Waals surface area contributed by atoms with Gasteiger partial charge in [0, 0.05) is 13.1 Å². The first-order valence-electron chi connectivity index (χ1n) is 5.65. The maximum atomic E-state index is 11.9. The van der Waals surface area contributed by atoms with Crippen molar-refractivity contribution in [1.82, 2.24) is 4.90 Å². The van der Waals surface area contributed by atoms with E-state index in [0.29, 0.717) is 36.6 Å². The number of likely N-dealkylation sites (tertiary alicyclic amines) is 1. The van der Waals surface area contributed by atoms with Crippen LogP contribution in [0.5, 0.6) is 0 Å². The van der Waals surface area contributed by atoms with Crippen LogP contribution in [0.4, 0.5) is 10.5 Å². The fourth-order valence-electron chi connectivity index (χ4n) is 1.83. The van der Waals surface area contributed by atoms with Crippen molar-refractivity contribution < 1.29 is 9.90 Å². The molecule has 5 heteroatoms. The van der Waals surface area contributed by atoms with Crippen LogP contribution in [0, 0.1) is 0 Å². The number of rotatable bonds is 1. The maximum Gasteiger partial charge on any atom is 0.321 e. The van der Waals surface area contributed by atoms with Gasteiger partial charge in [-0.05, 0) is 25.0 Å². The van der Waals surface area contributed by atoms with E-state index in [4.69, 9.17) is 11.6 Å². The molecule has 0 aliphatic carbocycles. The summed E-state index contributed by atoms with van der Waals surface area (Å²) in [5.41, 5.74) is 0.616. The molecule has 0 spiro atoms. The number of benzene rings is 1. The Kier molecular flexibility index (Phi) is 3.86. The van der Waals surface area contributed by atoms with E-state index < -0.39 is 0 Å². The van der Waals surface area contributed by atoms with E-state index in [9.17, 15) is 9.90 Å². The number of amides is 2. The molecule has 1 aromatic rings. The average molecular weight is 255 g/mol. The normalized spacial score (nSPS) is 16.9. The summed E-state index contributed by atoms with van der Waals surface area (Å²) in [7, 11) is 0. The van der Waals surface area contributed by atoms with E-state index in [1.54, 1.807) is 17.0 Å². The number of urea groups is 1. The van der Waals surface area contributed by atoms with Crippen LogP contribution in [0.25, 0.3) is 0 Å². The highest BCUT2D eigenvalue weighted by atomic mass is 35.5. The number of nitrogens with one attached hydrogen (secondary N) is 1. The predicted octanol–water partition coefficient (Wildman–Crippen LogP) is 2.33. The van der Waals surface area contributed by atoms with Gasteiger partial charge in [-0.25, -0.2) is 4.79 Å². The van der Waals surface area contributed by atoms with Gasteiger partial charge in [-0.2, -0.15) is 0 Å². The molecule has 0 radical (unpaired) electrons. The van der Waals surface area contributed by atoms with Gasteiger partial charge < -0.3 is 15.3 Å². The molecule has 1 aliphatic heterocycles. The lowest BCUT2D eigenvalue weighted by Crippen LogP contribution is -2.42. The van der Waals surface area contributed by atoms with E-state index in [1.807, 2.05) is 12.1 Å². The number of piperidine rings is 1. The molecular weight excluding hydrogens is 240 g/mol. The third-order valence-electron chi connectivity index (χ3n) is 2.87. The quantitative estimate of drug-likeness (QED) is 0.808. The Morgan fingerprint density at radius 1 is 1.35 bits per heavy atom. The Bertz CT molecular complexity index is 403. The molecule has 1 saturated heterocycles. The van der Waals surface area contributed by atoms with Gasteiger partial charge in [0.05, 0.1) is 16.8 Å². The number of para-hydroxylation sites is 1. The molecule has 1 aliphatic rings. The summed E-state index contributed by atoms with van der Waals surface area (Å²) in [5, 5.41) is 12.7. The molecule has 0 bridgehead atoms. The van der Waals surface area contributed by atoms with Crippen molar-refractivity contribution in [2.75, 3.05) is 18.4 Å². The lowest BCUT2D eigenvalue weighted by atomic mass is 10.1. The monoisotopic (exact) mass is 254 g/mol. The minimum absolute atomic E-state index is 0.162. The Morgan fingerprint density at radius 2 is 2.00 bits per heavy atom. The minimum atomic E-state index is -0.278. The van der Waals surface area contributed by atoms with E-state index in [0.717, 1.165) is 0 Å². The molecule has 4 nitrogen and oxygen atoms in total. The molecule has 2 rings (SSSR count). The molecule has 1 heterocycles. The van der Waals surface area contributed by atoms with Gasteiger partial charge in [0.25, 0.3) is 0 Å². The second kappa shape index (κ2) is 5.38. The molecule has 1 fully saturated rings. The van der Waals surface area contributed by atoms with Crippen LogP contribution < -0.4 is 5.32 Å². The highest BCUT2D eigenvalue weighted by molar-refractivity contribution is 6.33. The second-order valence-electron chi connectivity index (χ2n) is 4.13. The number of hydrogen-bond acceptors (Lipinski definition) is 2. The topological polar surface area (TPSA) is 52.6 Å². The number of carbonyl (C=O) groups is 1. The third-order valence-corrected chi connectivity index (χ3v) is 3.20. The summed E-state index contributed by atoms with van der Waals surface area (Å²) in [6, 6.07) is 6.97. The number of anilines is 1. The highest BCUT2D eigenvalue weighted by Crippen LogP contribution is 2.21. The number of hydrogen-bond donors (Lipinski definition) is 2. The standard InChI is InChI=1S/C12H15ClN2O2/c13-10-3-1-2-4-11(10)14-12(17)15-7-5-9(16)6-8-15/h1-4,9,16H,5-8H2,(H,14,17). The van der Waals surface area contributed by atoms with E-state index >= 15 is 0 Å². The number of nitrogens with zero attached hydrogens (tertiary/aromatic N) is 1. The van der Waals surface area contributed by atoms with Gasteiger partial charge in [0.15, 0.2) is 0 Å². The fraction of sp³-hybridized carbons (Fsp3) is 0.417. The van der Waals surface area contributed by atoms with Gasteiger partial charge in [-0.3, -0.25) is 0 Å². The fourth-order valence-corrected chi connectivity index (χ4v) is 2.01. The summed E-state index contributed by atoms with van der Waals surface area (Å²) >= 11 is 5.96. The zero-order valence-electron chi connectivity index (χ0n) is 9.40. The van der Waals surface area contributed by atoms with E-state index in [1.165, 1.54) is 0 Å². The largest absolute Gasteiger partial charge is 0.393 e. The van der Waals surface area contributed by atoms with Crippen LogP contribution in [0.1, 0.15) is 12.8 Å². The van der Waals surface area contributed by atoms with Crippen LogP contribution in [0.3, 0.4) is 0 Å². The Morgan fingerprint density at radius 3 is 2.65 bits per heavy atom. The first kappa shape index (κ1) is 12.2. The predicted molar refractivity (Wildman–Crippen MR) is 67.3 cm³/mol. The smallest absolute Gasteiger partial charge is 0.321 e. The molecule has 0 atom stereocenters. The first-order chi connectivity index (χ1) is 8.16. The molecule has 0 aromatic heterocycles. The highest BCUT2D eigenvalue weighted by Gasteiger charge is 2.21. The molecule has 0 saturated carbocycles. The van der Waals surface area contributed by atoms with Crippen LogP contribution in [-0.2, 0) is 0 Å². The van der Waals surface area contributed by atoms with E-state index in [2.05, 4.69) is 5.32 Å². The Labute approximate surface area is 105 Å². The van der Waals surface area contributed by atoms with Crippen molar-refractivity contribution in [1.29, 1.82) is 0 Å². The zero-order valence-corrected chi connectivity index (χ0v) is 10.2. The zero-order chi connectivity index (χ0) is 12.3. The van der Waals surface area contributed by atoms with Gasteiger partial charge in [-0.15, -0.1) is 0 Å². The summed E-state index contributed by atoms with van der Waals surface area (Å²) in [6.07, 6.45) is 0.991. The summed E-state index contributed by atoms with van der Waals surface area (Å²) in [5.74, 6) is 0. The summed E-state index contributed by atoms with van der Waals surface area (Å²) in [4.78, 5) is 13.6. The van der Waals surface area contributed by atoms with Crippen molar-refractivity contribution in [2.24, 2.45) is 0 Å². The van der Waals surface area contributed by atoms with Crippen molar-refractivity contribution in [3.63, 3.8) is 0 Å². The number of aliphatic hydroxyl groups is 1. The number of carbonyl (C=O) groups excluding carboxylic acids is 1. The van der Waals surface area contributed by atoms with E-state index in [-0.39, 0.29) is 12.1 Å². The average Bonchev–Trinajstić information content (AvgIpc) is 2.33. The molecule has 2 N–H and O–H groups in total. The SMILES string of the molecule is O=C(Nc1ccccc1Cl)N1CCC(O)CC1. The summed E-state index contributed by atoms with van der Waals surface area (Å²) in [6.45, 7) is 1.16. The van der Waals surface area contributed by atoms with Gasteiger partial charge in [0.2, 0.25) is 0 Å². The second-order valence-corrected chi connectivity index (χ2v) is 4.54. The molecule has 0 unspecified atom stereocenters. The molecular formula is C12H15ClN2O2. The Hall–Kier alpha value is -1.26. The van der Waals surface area contributed by atoms with Crippen molar-refractivity contribution >= 4 is 23.3 Å². The summed E-state index contributed by atoms with van der Waals surface area (Å²) < 4.78 is 0. The van der Waals surface area contributed by atoms with Gasteiger partial charge in [0.1, 0.15) is 0 Å².